The number of carbonyl (C=O) groups excluding carboxylic acids is 2. The van der Waals surface area contributed by atoms with Crippen molar-refractivity contribution in [3.63, 3.8) is 0 Å². The Morgan fingerprint density at radius 1 is 1.08 bits per heavy atom. The Bertz CT molecular complexity index is 769. The summed E-state index contributed by atoms with van der Waals surface area (Å²) in [5, 5.41) is 6.40. The third-order valence-corrected chi connectivity index (χ3v) is 4.69. The van der Waals surface area contributed by atoms with Crippen molar-refractivity contribution in [2.45, 2.75) is 19.5 Å². The van der Waals surface area contributed by atoms with E-state index < -0.39 is 6.04 Å². The highest BCUT2D eigenvalue weighted by atomic mass is 35.5. The number of nitrogens with zero attached hydrogens (tertiary/aromatic N) is 1. The predicted molar refractivity (Wildman–Crippen MR) is 105 cm³/mol. The van der Waals surface area contributed by atoms with Gasteiger partial charge in [0, 0.05) is 12.2 Å². The number of rotatable bonds is 7. The fourth-order valence-electron chi connectivity index (χ4n) is 2.27. The van der Waals surface area contributed by atoms with Gasteiger partial charge in [0.25, 0.3) is 0 Å². The molecule has 2 aromatic rings. The van der Waals surface area contributed by atoms with E-state index in [0.717, 1.165) is 5.56 Å². The Kier molecular flexibility index (Phi) is 7.45. The van der Waals surface area contributed by atoms with Crippen LogP contribution in [0.25, 0.3) is 0 Å². The molecule has 26 heavy (non-hydrogen) atoms. The van der Waals surface area contributed by atoms with Gasteiger partial charge in [0.05, 0.1) is 22.6 Å². The summed E-state index contributed by atoms with van der Waals surface area (Å²) in [6.07, 6.45) is 0. The summed E-state index contributed by atoms with van der Waals surface area (Å²) in [5.74, 6) is -0.382. The Labute approximate surface area is 163 Å². The molecule has 2 aromatic carbocycles. The zero-order valence-corrected chi connectivity index (χ0v) is 16.1. The zero-order valence-electron chi connectivity index (χ0n) is 14.6. The normalized spacial score (nSPS) is 11.9. The molecule has 0 bridgehead atoms. The maximum absolute atomic E-state index is 12.3. The molecule has 2 amide bonds. The number of likely N-dealkylation sites (N-methyl/N-ethyl adjacent to an activating group) is 1. The van der Waals surface area contributed by atoms with Gasteiger partial charge >= 0.3 is 0 Å². The molecule has 0 saturated carbocycles. The largest absolute Gasteiger partial charge is 0.351 e. The van der Waals surface area contributed by atoms with Gasteiger partial charge in [-0.05, 0) is 37.7 Å². The molecule has 0 aliphatic rings. The topological polar surface area (TPSA) is 61.4 Å². The van der Waals surface area contributed by atoms with Crippen molar-refractivity contribution in [3.05, 3.63) is 64.1 Å². The first-order chi connectivity index (χ1) is 12.4. The number of halogens is 2. The van der Waals surface area contributed by atoms with Crippen LogP contribution in [0.3, 0.4) is 0 Å². The first kappa shape index (κ1) is 20.2. The lowest BCUT2D eigenvalue weighted by molar-refractivity contribution is -0.126. The fraction of sp³-hybridized carbons (Fsp3) is 0.263. The SMILES string of the molecule is C[C@H](C(=O)NCc1ccccc1)N(C)CC(=O)Nc1ccc(Cl)c(Cl)c1. The van der Waals surface area contributed by atoms with Crippen LogP contribution in [0, 0.1) is 0 Å². The average molecular weight is 394 g/mol. The Morgan fingerprint density at radius 3 is 2.42 bits per heavy atom. The quantitative estimate of drug-likeness (QED) is 0.755. The van der Waals surface area contributed by atoms with Crippen LogP contribution < -0.4 is 10.6 Å². The van der Waals surface area contributed by atoms with E-state index in [9.17, 15) is 9.59 Å². The molecule has 0 unspecified atom stereocenters. The standard InChI is InChI=1S/C19H21Cl2N3O2/c1-13(19(26)22-11-14-6-4-3-5-7-14)24(2)12-18(25)23-15-8-9-16(20)17(21)10-15/h3-10,13H,11-12H2,1-2H3,(H,22,26)(H,23,25)/t13-/m1/s1. The van der Waals surface area contributed by atoms with E-state index in [1.54, 1.807) is 37.1 Å². The Balaban J connectivity index is 1.83. The minimum atomic E-state index is -0.446. The van der Waals surface area contributed by atoms with Crippen molar-refractivity contribution in [3.8, 4) is 0 Å². The van der Waals surface area contributed by atoms with Crippen LogP contribution in [0.1, 0.15) is 12.5 Å². The lowest BCUT2D eigenvalue weighted by Crippen LogP contribution is -2.45. The minimum absolute atomic E-state index is 0.0696. The lowest BCUT2D eigenvalue weighted by atomic mass is 10.2. The summed E-state index contributed by atoms with van der Waals surface area (Å²) < 4.78 is 0. The van der Waals surface area contributed by atoms with Gasteiger partial charge in [-0.2, -0.15) is 0 Å². The molecule has 0 spiro atoms. The number of anilines is 1. The van der Waals surface area contributed by atoms with E-state index in [2.05, 4.69) is 10.6 Å². The second-order valence-electron chi connectivity index (χ2n) is 5.97. The summed E-state index contributed by atoms with van der Waals surface area (Å²) >= 11 is 11.8. The average Bonchev–Trinajstić information content (AvgIpc) is 2.62. The fourth-order valence-corrected chi connectivity index (χ4v) is 2.57. The van der Waals surface area contributed by atoms with Crippen LogP contribution in [0.2, 0.25) is 10.0 Å². The van der Waals surface area contributed by atoms with Gasteiger partial charge < -0.3 is 10.6 Å². The number of benzene rings is 2. The number of amides is 2. The molecular formula is C19H21Cl2N3O2. The molecule has 2 N–H and O–H groups in total. The van der Waals surface area contributed by atoms with Crippen LogP contribution in [-0.2, 0) is 16.1 Å². The summed E-state index contributed by atoms with van der Waals surface area (Å²) in [7, 11) is 1.72. The van der Waals surface area contributed by atoms with E-state index >= 15 is 0 Å². The predicted octanol–water partition coefficient (Wildman–Crippen LogP) is 3.57. The Hall–Kier alpha value is -2.08. The molecule has 0 saturated heterocycles. The maximum atomic E-state index is 12.3. The smallest absolute Gasteiger partial charge is 0.238 e. The van der Waals surface area contributed by atoms with Crippen molar-refractivity contribution < 1.29 is 9.59 Å². The van der Waals surface area contributed by atoms with E-state index in [4.69, 9.17) is 23.2 Å². The molecule has 0 aliphatic carbocycles. The molecule has 5 nitrogen and oxygen atoms in total. The number of hydrogen-bond donors (Lipinski definition) is 2. The Morgan fingerprint density at radius 2 is 1.77 bits per heavy atom. The lowest BCUT2D eigenvalue weighted by Gasteiger charge is -2.23. The van der Waals surface area contributed by atoms with Crippen LogP contribution >= 0.6 is 23.2 Å². The van der Waals surface area contributed by atoms with E-state index in [0.29, 0.717) is 22.3 Å². The van der Waals surface area contributed by atoms with Gasteiger partial charge in [-0.25, -0.2) is 0 Å². The summed E-state index contributed by atoms with van der Waals surface area (Å²) in [6.45, 7) is 2.28. The van der Waals surface area contributed by atoms with Crippen molar-refractivity contribution in [1.82, 2.24) is 10.2 Å². The first-order valence-electron chi connectivity index (χ1n) is 8.13. The van der Waals surface area contributed by atoms with E-state index in [-0.39, 0.29) is 18.4 Å². The van der Waals surface area contributed by atoms with Gasteiger partial charge in [0.2, 0.25) is 11.8 Å². The van der Waals surface area contributed by atoms with Gasteiger partial charge in [0.1, 0.15) is 0 Å². The molecule has 7 heteroatoms. The molecule has 0 aromatic heterocycles. The number of carbonyl (C=O) groups is 2. The van der Waals surface area contributed by atoms with Crippen molar-refractivity contribution >= 4 is 40.7 Å². The van der Waals surface area contributed by atoms with E-state index in [1.165, 1.54) is 0 Å². The minimum Gasteiger partial charge on any atom is -0.351 e. The third kappa shape index (κ3) is 6.02. The maximum Gasteiger partial charge on any atom is 0.238 e. The molecule has 138 valence electrons. The summed E-state index contributed by atoms with van der Waals surface area (Å²) in [6, 6.07) is 14.1. The van der Waals surface area contributed by atoms with Crippen molar-refractivity contribution in [2.24, 2.45) is 0 Å². The highest BCUT2D eigenvalue weighted by Gasteiger charge is 2.20. The summed E-state index contributed by atoms with van der Waals surface area (Å²) in [5.41, 5.74) is 1.58. The van der Waals surface area contributed by atoms with Crippen LogP contribution in [0.4, 0.5) is 5.69 Å². The van der Waals surface area contributed by atoms with Gasteiger partial charge in [-0.15, -0.1) is 0 Å². The monoisotopic (exact) mass is 393 g/mol. The first-order valence-corrected chi connectivity index (χ1v) is 8.89. The van der Waals surface area contributed by atoms with Crippen LogP contribution in [0.5, 0.6) is 0 Å². The van der Waals surface area contributed by atoms with Crippen molar-refractivity contribution in [1.29, 1.82) is 0 Å². The highest BCUT2D eigenvalue weighted by molar-refractivity contribution is 6.42. The van der Waals surface area contributed by atoms with Crippen LogP contribution in [0.15, 0.2) is 48.5 Å². The molecular weight excluding hydrogens is 373 g/mol. The molecule has 0 radical (unpaired) electrons. The molecule has 1 atom stereocenters. The van der Waals surface area contributed by atoms with Gasteiger partial charge in [-0.1, -0.05) is 53.5 Å². The second-order valence-corrected chi connectivity index (χ2v) is 6.79. The van der Waals surface area contributed by atoms with Gasteiger partial charge in [0.15, 0.2) is 0 Å². The molecule has 0 aliphatic heterocycles. The highest BCUT2D eigenvalue weighted by Crippen LogP contribution is 2.24. The second kappa shape index (κ2) is 9.57. The van der Waals surface area contributed by atoms with E-state index in [1.807, 2.05) is 30.3 Å². The van der Waals surface area contributed by atoms with Crippen LogP contribution in [-0.4, -0.2) is 36.3 Å². The third-order valence-electron chi connectivity index (χ3n) is 3.95. The zero-order chi connectivity index (χ0) is 19.1. The molecule has 0 heterocycles. The molecule has 2 rings (SSSR count). The summed E-state index contributed by atoms with van der Waals surface area (Å²) in [4.78, 5) is 26.1. The number of hydrogen-bond acceptors (Lipinski definition) is 3. The molecule has 0 fully saturated rings. The van der Waals surface area contributed by atoms with Crippen molar-refractivity contribution in [2.75, 3.05) is 18.9 Å². The van der Waals surface area contributed by atoms with Gasteiger partial charge in [-0.3, -0.25) is 14.5 Å². The number of nitrogens with one attached hydrogen (secondary N) is 2.